The molecule has 1 rings (SSSR count). The summed E-state index contributed by atoms with van der Waals surface area (Å²) in [7, 11) is 0. The van der Waals surface area contributed by atoms with E-state index in [9.17, 15) is 4.79 Å². The zero-order valence-corrected chi connectivity index (χ0v) is 8.22. The fourth-order valence-corrected chi connectivity index (χ4v) is 2.10. The molecule has 0 N–H and O–H groups in total. The second kappa shape index (κ2) is 5.77. The fourth-order valence-electron chi connectivity index (χ4n) is 2.10. The third kappa shape index (κ3) is 3.20. The van der Waals surface area contributed by atoms with E-state index < -0.39 is 0 Å². The van der Waals surface area contributed by atoms with Crippen LogP contribution in [0.2, 0.25) is 0 Å². The maximum atomic E-state index is 10.2. The summed E-state index contributed by atoms with van der Waals surface area (Å²) in [5.41, 5.74) is 4.30. The van der Waals surface area contributed by atoms with E-state index in [1.54, 1.807) is 0 Å². The van der Waals surface area contributed by atoms with Crippen LogP contribution in [-0.4, -0.2) is 6.29 Å². The van der Waals surface area contributed by atoms with Crippen LogP contribution < -0.4 is 0 Å². The second-order valence-corrected chi connectivity index (χ2v) is 3.74. The molecule has 0 aromatic rings. The summed E-state index contributed by atoms with van der Waals surface area (Å²) in [6.45, 7) is 3.71. The smallest absolute Gasteiger partial charge is 0.120 e. The molecule has 0 saturated heterocycles. The Morgan fingerprint density at radius 3 is 2.62 bits per heavy atom. The van der Waals surface area contributed by atoms with Gasteiger partial charge in [-0.2, -0.15) is 0 Å². The standard InChI is InChI=1S/C12H18O/c1-2-11(9-6-10-13)12-7-4-3-5-8-12/h10,12H,1,3-9H2. The molecule has 0 heterocycles. The Morgan fingerprint density at radius 1 is 1.38 bits per heavy atom. The van der Waals surface area contributed by atoms with Gasteiger partial charge in [0.05, 0.1) is 0 Å². The van der Waals surface area contributed by atoms with Crippen molar-refractivity contribution in [2.75, 3.05) is 0 Å². The monoisotopic (exact) mass is 178 g/mol. The predicted octanol–water partition coefficient (Wildman–Crippen LogP) is 3.26. The van der Waals surface area contributed by atoms with Gasteiger partial charge in [-0.05, 0) is 30.8 Å². The van der Waals surface area contributed by atoms with Crippen molar-refractivity contribution in [1.29, 1.82) is 0 Å². The Kier molecular flexibility index (Phi) is 4.56. The van der Waals surface area contributed by atoms with E-state index in [1.807, 2.05) is 0 Å². The molecule has 0 aromatic carbocycles. The molecule has 0 aliphatic heterocycles. The molecular formula is C12H18O. The topological polar surface area (TPSA) is 17.1 Å². The van der Waals surface area contributed by atoms with Gasteiger partial charge in [0.15, 0.2) is 0 Å². The average Bonchev–Trinajstić information content (AvgIpc) is 2.21. The van der Waals surface area contributed by atoms with Gasteiger partial charge in [-0.25, -0.2) is 0 Å². The van der Waals surface area contributed by atoms with Gasteiger partial charge in [-0.1, -0.05) is 25.8 Å². The van der Waals surface area contributed by atoms with Crippen molar-refractivity contribution >= 4 is 6.29 Å². The first-order valence-corrected chi connectivity index (χ1v) is 5.21. The first-order chi connectivity index (χ1) is 6.38. The Balaban J connectivity index is 2.45. The van der Waals surface area contributed by atoms with Crippen molar-refractivity contribution in [1.82, 2.24) is 0 Å². The lowest BCUT2D eigenvalue weighted by atomic mass is 9.82. The van der Waals surface area contributed by atoms with E-state index in [1.165, 1.54) is 37.7 Å². The minimum atomic E-state index is 0.633. The van der Waals surface area contributed by atoms with Crippen molar-refractivity contribution < 1.29 is 4.79 Å². The summed E-state index contributed by atoms with van der Waals surface area (Å²) in [5.74, 6) is 0.672. The van der Waals surface area contributed by atoms with Crippen LogP contribution in [0.5, 0.6) is 0 Å². The SMILES string of the molecule is C=C=C(CCC=O)C1CCCCC1. The lowest BCUT2D eigenvalue weighted by Gasteiger charge is -2.22. The third-order valence-corrected chi connectivity index (χ3v) is 2.86. The Labute approximate surface area is 80.5 Å². The highest BCUT2D eigenvalue weighted by Crippen LogP contribution is 2.30. The van der Waals surface area contributed by atoms with Gasteiger partial charge in [-0.3, -0.25) is 0 Å². The maximum Gasteiger partial charge on any atom is 0.120 e. The molecule has 1 aliphatic carbocycles. The molecule has 1 fully saturated rings. The van der Waals surface area contributed by atoms with E-state index >= 15 is 0 Å². The quantitative estimate of drug-likeness (QED) is 0.477. The molecule has 0 spiro atoms. The van der Waals surface area contributed by atoms with Crippen molar-refractivity contribution in [3.63, 3.8) is 0 Å². The number of hydrogen-bond donors (Lipinski definition) is 0. The number of aldehydes is 1. The van der Waals surface area contributed by atoms with Crippen molar-refractivity contribution in [3.05, 3.63) is 17.9 Å². The van der Waals surface area contributed by atoms with E-state index in [2.05, 4.69) is 12.3 Å². The van der Waals surface area contributed by atoms with Crippen LogP contribution in [-0.2, 0) is 4.79 Å². The highest BCUT2D eigenvalue weighted by atomic mass is 16.1. The van der Waals surface area contributed by atoms with E-state index in [4.69, 9.17) is 0 Å². The van der Waals surface area contributed by atoms with Crippen LogP contribution in [0.1, 0.15) is 44.9 Å². The van der Waals surface area contributed by atoms with Gasteiger partial charge in [0, 0.05) is 6.42 Å². The minimum absolute atomic E-state index is 0.633. The molecule has 0 atom stereocenters. The largest absolute Gasteiger partial charge is 0.303 e. The van der Waals surface area contributed by atoms with E-state index in [0.29, 0.717) is 12.3 Å². The van der Waals surface area contributed by atoms with Gasteiger partial charge >= 0.3 is 0 Å². The van der Waals surface area contributed by atoms with Gasteiger partial charge in [0.1, 0.15) is 6.29 Å². The summed E-state index contributed by atoms with van der Waals surface area (Å²) < 4.78 is 0. The Hall–Kier alpha value is -0.810. The minimum Gasteiger partial charge on any atom is -0.303 e. The Morgan fingerprint density at radius 2 is 2.08 bits per heavy atom. The van der Waals surface area contributed by atoms with Gasteiger partial charge in [0.2, 0.25) is 0 Å². The Bertz CT molecular complexity index is 205. The molecule has 0 unspecified atom stereocenters. The summed E-state index contributed by atoms with van der Waals surface area (Å²) >= 11 is 0. The molecule has 0 radical (unpaired) electrons. The van der Waals surface area contributed by atoms with Crippen LogP contribution in [0.4, 0.5) is 0 Å². The maximum absolute atomic E-state index is 10.2. The van der Waals surface area contributed by atoms with Crippen molar-refractivity contribution in [2.45, 2.75) is 44.9 Å². The number of rotatable bonds is 4. The molecule has 1 heteroatoms. The molecule has 13 heavy (non-hydrogen) atoms. The van der Waals surface area contributed by atoms with Crippen LogP contribution in [0.3, 0.4) is 0 Å². The van der Waals surface area contributed by atoms with Crippen LogP contribution in [0.15, 0.2) is 17.9 Å². The first-order valence-electron chi connectivity index (χ1n) is 5.21. The van der Waals surface area contributed by atoms with Crippen LogP contribution in [0.25, 0.3) is 0 Å². The fraction of sp³-hybridized carbons (Fsp3) is 0.667. The number of carbonyl (C=O) groups excluding carboxylic acids is 1. The lowest BCUT2D eigenvalue weighted by Crippen LogP contribution is -2.08. The molecule has 1 nitrogen and oxygen atoms in total. The number of carbonyl (C=O) groups is 1. The molecule has 72 valence electrons. The molecule has 0 aromatic heterocycles. The molecule has 0 amide bonds. The predicted molar refractivity (Wildman–Crippen MR) is 54.5 cm³/mol. The summed E-state index contributed by atoms with van der Waals surface area (Å²) in [6.07, 6.45) is 9.07. The van der Waals surface area contributed by atoms with Crippen LogP contribution in [0, 0.1) is 5.92 Å². The first kappa shape index (κ1) is 10.3. The van der Waals surface area contributed by atoms with Gasteiger partial charge < -0.3 is 4.79 Å². The molecule has 0 bridgehead atoms. The number of allylic oxidation sites excluding steroid dienone is 1. The zero-order valence-electron chi connectivity index (χ0n) is 8.22. The lowest BCUT2D eigenvalue weighted by molar-refractivity contribution is -0.107. The number of hydrogen-bond acceptors (Lipinski definition) is 1. The molecule has 1 aliphatic rings. The summed E-state index contributed by atoms with van der Waals surface area (Å²) in [4.78, 5) is 10.2. The van der Waals surface area contributed by atoms with Gasteiger partial charge in [-0.15, -0.1) is 5.73 Å². The molecule has 1 saturated carbocycles. The summed E-state index contributed by atoms with van der Waals surface area (Å²) in [6, 6.07) is 0. The van der Waals surface area contributed by atoms with Crippen molar-refractivity contribution in [2.24, 2.45) is 5.92 Å². The van der Waals surface area contributed by atoms with E-state index in [-0.39, 0.29) is 0 Å². The molecular weight excluding hydrogens is 160 g/mol. The highest BCUT2D eigenvalue weighted by molar-refractivity contribution is 5.49. The van der Waals surface area contributed by atoms with Crippen molar-refractivity contribution in [3.8, 4) is 0 Å². The zero-order chi connectivity index (χ0) is 9.52. The summed E-state index contributed by atoms with van der Waals surface area (Å²) in [5, 5.41) is 0. The van der Waals surface area contributed by atoms with Gasteiger partial charge in [0.25, 0.3) is 0 Å². The normalized spacial score (nSPS) is 17.8. The second-order valence-electron chi connectivity index (χ2n) is 3.74. The average molecular weight is 178 g/mol. The third-order valence-electron chi connectivity index (χ3n) is 2.86. The highest BCUT2D eigenvalue weighted by Gasteiger charge is 2.16. The van der Waals surface area contributed by atoms with Crippen LogP contribution >= 0.6 is 0 Å². The van der Waals surface area contributed by atoms with E-state index in [0.717, 1.165) is 12.7 Å².